The molecule has 0 aliphatic heterocycles. The molecule has 1 aliphatic carbocycles. The van der Waals surface area contributed by atoms with Gasteiger partial charge >= 0.3 is 0 Å². The zero-order chi connectivity index (χ0) is 36.0. The average Bonchev–Trinajstić information content (AvgIpc) is 3.68. The minimum absolute atomic E-state index is 0.0208. The lowest BCUT2D eigenvalue weighted by molar-refractivity contribution is 0.602. The van der Waals surface area contributed by atoms with E-state index < -0.39 is 0 Å². The van der Waals surface area contributed by atoms with E-state index in [1.807, 2.05) is 0 Å². The molecule has 1 aliphatic rings. The van der Waals surface area contributed by atoms with Crippen molar-refractivity contribution in [1.29, 1.82) is 0 Å². The molecular weight excluding hydrogens is 675 g/mol. The van der Waals surface area contributed by atoms with Crippen molar-refractivity contribution < 1.29 is 0 Å². The molecule has 9 aromatic rings. The summed E-state index contributed by atoms with van der Waals surface area (Å²) in [5, 5.41) is 6.16. The van der Waals surface area contributed by atoms with Crippen LogP contribution in [0.3, 0.4) is 0 Å². The summed E-state index contributed by atoms with van der Waals surface area (Å²) in [4.78, 5) is 16.6. The molecule has 0 bridgehead atoms. The molecule has 0 amide bonds. The molecule has 7 aromatic carbocycles. The summed E-state index contributed by atoms with van der Waals surface area (Å²) in [6.07, 6.45) is 6.82. The molecular formula is C50H35N3S. The minimum atomic E-state index is 0.0208. The van der Waals surface area contributed by atoms with E-state index >= 15 is 0 Å². The molecule has 54 heavy (non-hydrogen) atoms. The van der Waals surface area contributed by atoms with Gasteiger partial charge in [-0.1, -0.05) is 177 Å². The van der Waals surface area contributed by atoms with Crippen molar-refractivity contribution in [2.75, 3.05) is 0 Å². The van der Waals surface area contributed by atoms with Gasteiger partial charge in [0.15, 0.2) is 11.6 Å². The molecule has 0 saturated heterocycles. The number of rotatable bonds is 6. The Morgan fingerprint density at radius 2 is 1.00 bits per heavy atom. The fourth-order valence-electron chi connectivity index (χ4n) is 7.98. The van der Waals surface area contributed by atoms with E-state index in [0.717, 1.165) is 21.8 Å². The third-order valence-electron chi connectivity index (χ3n) is 10.6. The SMILES string of the molecule is CC1C=C(c2ccccc2)C=CC1c1nc(-c2ccc(-c3c4ccccc4c(-c4ccccc4)c4ccccc34)cc2)nc(-c2cc3ccccc3s2)n1. The van der Waals surface area contributed by atoms with Gasteiger partial charge in [-0.3, -0.25) is 0 Å². The van der Waals surface area contributed by atoms with Gasteiger partial charge in [-0.15, -0.1) is 11.3 Å². The molecule has 4 heteroatoms. The van der Waals surface area contributed by atoms with Crippen LogP contribution in [0.1, 0.15) is 24.2 Å². The summed E-state index contributed by atoms with van der Waals surface area (Å²) in [7, 11) is 0. The molecule has 10 rings (SSSR count). The second kappa shape index (κ2) is 13.5. The first-order valence-electron chi connectivity index (χ1n) is 18.5. The molecule has 2 atom stereocenters. The van der Waals surface area contributed by atoms with Crippen LogP contribution in [-0.2, 0) is 0 Å². The Morgan fingerprint density at radius 3 is 1.61 bits per heavy atom. The Hall–Kier alpha value is -6.49. The third-order valence-corrected chi connectivity index (χ3v) is 11.7. The number of aromatic nitrogens is 3. The van der Waals surface area contributed by atoms with Crippen LogP contribution in [0.5, 0.6) is 0 Å². The fourth-order valence-corrected chi connectivity index (χ4v) is 8.98. The van der Waals surface area contributed by atoms with Crippen molar-refractivity contribution in [2.24, 2.45) is 5.92 Å². The summed E-state index contributed by atoms with van der Waals surface area (Å²) >= 11 is 1.73. The molecule has 3 nitrogen and oxygen atoms in total. The topological polar surface area (TPSA) is 38.7 Å². The number of allylic oxidation sites excluding steroid dienone is 4. The third kappa shape index (κ3) is 5.72. The highest BCUT2D eigenvalue weighted by Crippen LogP contribution is 2.44. The lowest BCUT2D eigenvalue weighted by Crippen LogP contribution is -2.14. The molecule has 0 N–H and O–H groups in total. The number of thiophene rings is 1. The summed E-state index contributed by atoms with van der Waals surface area (Å²) in [6, 6.07) is 58.4. The molecule has 2 heterocycles. The maximum absolute atomic E-state index is 5.20. The molecule has 256 valence electrons. The van der Waals surface area contributed by atoms with Crippen LogP contribution in [0, 0.1) is 5.92 Å². The highest BCUT2D eigenvalue weighted by molar-refractivity contribution is 7.22. The van der Waals surface area contributed by atoms with Crippen molar-refractivity contribution in [2.45, 2.75) is 12.8 Å². The first-order chi connectivity index (χ1) is 26.7. The number of nitrogens with zero attached hydrogens (tertiary/aromatic N) is 3. The van der Waals surface area contributed by atoms with Gasteiger partial charge in [0.2, 0.25) is 0 Å². The van der Waals surface area contributed by atoms with E-state index in [4.69, 9.17) is 15.0 Å². The second-order valence-electron chi connectivity index (χ2n) is 14.0. The van der Waals surface area contributed by atoms with Crippen LogP contribution in [0.4, 0.5) is 0 Å². The molecule has 0 saturated carbocycles. The van der Waals surface area contributed by atoms with Crippen LogP contribution < -0.4 is 0 Å². The van der Waals surface area contributed by atoms with Crippen LogP contribution in [0.25, 0.3) is 81.5 Å². The largest absolute Gasteiger partial charge is 0.212 e. The van der Waals surface area contributed by atoms with Gasteiger partial charge in [0.25, 0.3) is 0 Å². The van der Waals surface area contributed by atoms with Gasteiger partial charge < -0.3 is 0 Å². The first kappa shape index (κ1) is 32.2. The maximum Gasteiger partial charge on any atom is 0.173 e. The van der Waals surface area contributed by atoms with Gasteiger partial charge in [-0.25, -0.2) is 15.0 Å². The average molecular weight is 710 g/mol. The van der Waals surface area contributed by atoms with Crippen molar-refractivity contribution in [3.8, 4) is 44.3 Å². The molecule has 0 fully saturated rings. The van der Waals surface area contributed by atoms with E-state index in [1.54, 1.807) is 11.3 Å². The zero-order valence-electron chi connectivity index (χ0n) is 29.7. The van der Waals surface area contributed by atoms with Crippen LogP contribution in [0.2, 0.25) is 0 Å². The van der Waals surface area contributed by atoms with Crippen molar-refractivity contribution >= 4 is 48.5 Å². The van der Waals surface area contributed by atoms with E-state index in [2.05, 4.69) is 189 Å². The predicted octanol–water partition coefficient (Wildman–Crippen LogP) is 13.4. The Kier molecular flexibility index (Phi) is 8.04. The van der Waals surface area contributed by atoms with E-state index in [0.29, 0.717) is 11.6 Å². The number of hydrogen-bond acceptors (Lipinski definition) is 4. The van der Waals surface area contributed by atoms with E-state index in [9.17, 15) is 0 Å². The van der Waals surface area contributed by atoms with Gasteiger partial charge in [0.05, 0.1) is 4.88 Å². The number of benzene rings is 7. The second-order valence-corrected chi connectivity index (χ2v) is 15.1. The standard InChI is InChI=1S/C50H35N3S/c1-32-30-37(33-14-4-2-5-15-33)28-29-39(32)49-51-48(52-50(53-49)45-31-38-18-8-13-23-44(38)54-45)36-26-24-35(25-27-36)47-42-21-11-9-19-40(42)46(34-16-6-3-7-17-34)41-20-10-12-22-43(41)47/h2-32,39H,1H3. The maximum atomic E-state index is 5.20. The van der Waals surface area contributed by atoms with Crippen molar-refractivity contribution in [3.05, 3.63) is 193 Å². The number of hydrogen-bond donors (Lipinski definition) is 0. The Labute approximate surface area is 318 Å². The Balaban J connectivity index is 1.09. The lowest BCUT2D eigenvalue weighted by atomic mass is 9.84. The Bertz CT molecular complexity index is 2800. The summed E-state index contributed by atoms with van der Waals surface area (Å²) in [6.45, 7) is 2.26. The molecule has 2 aromatic heterocycles. The Morgan fingerprint density at radius 1 is 0.481 bits per heavy atom. The normalized spacial score (nSPS) is 15.5. The highest BCUT2D eigenvalue weighted by atomic mass is 32.1. The lowest BCUT2D eigenvalue weighted by Gasteiger charge is -2.23. The fraction of sp³-hybridized carbons (Fsp3) is 0.0600. The van der Waals surface area contributed by atoms with Crippen molar-refractivity contribution in [1.82, 2.24) is 15.0 Å². The predicted molar refractivity (Wildman–Crippen MR) is 227 cm³/mol. The van der Waals surface area contributed by atoms with Gasteiger partial charge in [0.1, 0.15) is 5.82 Å². The monoisotopic (exact) mass is 709 g/mol. The van der Waals surface area contributed by atoms with Gasteiger partial charge in [-0.2, -0.15) is 0 Å². The molecule has 2 unspecified atom stereocenters. The smallest absolute Gasteiger partial charge is 0.173 e. The van der Waals surface area contributed by atoms with Gasteiger partial charge in [0, 0.05) is 16.2 Å². The van der Waals surface area contributed by atoms with Crippen LogP contribution in [-0.4, -0.2) is 15.0 Å². The quantitative estimate of drug-likeness (QED) is 0.161. The highest BCUT2D eigenvalue weighted by Gasteiger charge is 2.25. The molecule has 0 radical (unpaired) electrons. The first-order valence-corrected chi connectivity index (χ1v) is 19.3. The zero-order valence-corrected chi connectivity index (χ0v) is 30.5. The van der Waals surface area contributed by atoms with E-state index in [1.165, 1.54) is 59.5 Å². The van der Waals surface area contributed by atoms with Crippen LogP contribution >= 0.6 is 11.3 Å². The summed E-state index contributed by atoms with van der Waals surface area (Å²) in [5.41, 5.74) is 8.30. The van der Waals surface area contributed by atoms with Crippen LogP contribution in [0.15, 0.2) is 182 Å². The summed E-state index contributed by atoms with van der Waals surface area (Å²) in [5.74, 6) is 2.42. The van der Waals surface area contributed by atoms with Gasteiger partial charge in [-0.05, 0) is 78.4 Å². The summed E-state index contributed by atoms with van der Waals surface area (Å²) < 4.78 is 1.22. The van der Waals surface area contributed by atoms with Crippen molar-refractivity contribution in [3.63, 3.8) is 0 Å². The molecule has 0 spiro atoms. The number of fused-ring (bicyclic) bond motifs is 3. The van der Waals surface area contributed by atoms with E-state index in [-0.39, 0.29) is 11.8 Å². The minimum Gasteiger partial charge on any atom is -0.212 e.